The van der Waals surface area contributed by atoms with E-state index in [4.69, 9.17) is 17.3 Å². The summed E-state index contributed by atoms with van der Waals surface area (Å²) in [6.07, 6.45) is 1.68. The molecule has 0 amide bonds. The Morgan fingerprint density at radius 1 is 1.29 bits per heavy atom. The first kappa shape index (κ1) is 13.9. The van der Waals surface area contributed by atoms with Gasteiger partial charge in [-0.25, -0.2) is 13.1 Å². The molecule has 1 rings (SSSR count). The molecule has 0 saturated heterocycles. The number of hydrogen-bond donors (Lipinski definition) is 3. The van der Waals surface area contributed by atoms with Gasteiger partial charge >= 0.3 is 0 Å². The Bertz CT molecular complexity index is 459. The summed E-state index contributed by atoms with van der Waals surface area (Å²) in [5.74, 6) is 0.295. The largest absolute Gasteiger partial charge is 0.368 e. The second-order valence-corrected chi connectivity index (χ2v) is 5.40. The van der Waals surface area contributed by atoms with Crippen LogP contribution in [0.5, 0.6) is 0 Å². The van der Waals surface area contributed by atoms with Gasteiger partial charge in [0.25, 0.3) is 0 Å². The van der Waals surface area contributed by atoms with Crippen molar-refractivity contribution in [2.75, 3.05) is 30.4 Å². The van der Waals surface area contributed by atoms with Gasteiger partial charge in [-0.2, -0.15) is 15.0 Å². The van der Waals surface area contributed by atoms with Crippen molar-refractivity contribution in [2.24, 2.45) is 0 Å². The van der Waals surface area contributed by atoms with Crippen molar-refractivity contribution < 1.29 is 8.42 Å². The lowest BCUT2D eigenvalue weighted by atomic mass is 10.4. The van der Waals surface area contributed by atoms with E-state index < -0.39 is 10.0 Å². The molecule has 17 heavy (non-hydrogen) atoms. The molecular weight excluding hydrogens is 268 g/mol. The summed E-state index contributed by atoms with van der Waals surface area (Å²) in [5, 5.41) is 2.86. The number of sulfonamides is 1. The first-order chi connectivity index (χ1) is 7.87. The quantitative estimate of drug-likeness (QED) is 0.598. The average molecular weight is 281 g/mol. The topological polar surface area (TPSA) is 123 Å². The van der Waals surface area contributed by atoms with Crippen molar-refractivity contribution in [3.8, 4) is 0 Å². The second kappa shape index (κ2) is 5.94. The fraction of sp³-hybridized carbons (Fsp3) is 0.571. The molecule has 0 radical (unpaired) electrons. The molecule has 0 saturated carbocycles. The van der Waals surface area contributed by atoms with Crippen molar-refractivity contribution in [1.82, 2.24) is 19.7 Å². The Labute approximate surface area is 104 Å². The minimum absolute atomic E-state index is 0.00857. The molecule has 0 unspecified atom stereocenters. The number of aromatic nitrogens is 3. The highest BCUT2D eigenvalue weighted by Gasteiger charge is 2.02. The van der Waals surface area contributed by atoms with Crippen LogP contribution in [-0.2, 0) is 10.0 Å². The molecule has 8 nitrogen and oxygen atoms in total. The lowest BCUT2D eigenvalue weighted by Crippen LogP contribution is -2.24. The Morgan fingerprint density at radius 2 is 2.00 bits per heavy atom. The number of rotatable bonds is 6. The van der Waals surface area contributed by atoms with Crippen LogP contribution in [0.2, 0.25) is 5.28 Å². The zero-order valence-electron chi connectivity index (χ0n) is 9.14. The normalized spacial score (nSPS) is 11.4. The number of nitrogens with zero attached hydrogens (tertiary/aromatic N) is 3. The average Bonchev–Trinajstić information content (AvgIpc) is 2.13. The van der Waals surface area contributed by atoms with E-state index in [1.54, 1.807) is 0 Å². The molecule has 0 fully saturated rings. The number of anilines is 2. The predicted molar refractivity (Wildman–Crippen MR) is 65.2 cm³/mol. The van der Waals surface area contributed by atoms with Crippen LogP contribution in [0, 0.1) is 0 Å². The highest BCUT2D eigenvalue weighted by atomic mass is 35.5. The van der Waals surface area contributed by atoms with E-state index in [0.29, 0.717) is 19.5 Å². The van der Waals surface area contributed by atoms with Gasteiger partial charge in [0.05, 0.1) is 6.26 Å². The Kier molecular flexibility index (Phi) is 4.85. The molecule has 1 aromatic rings. The third-order valence-electron chi connectivity index (χ3n) is 1.63. The van der Waals surface area contributed by atoms with Crippen LogP contribution in [0.25, 0.3) is 0 Å². The monoisotopic (exact) mass is 280 g/mol. The van der Waals surface area contributed by atoms with E-state index in [-0.39, 0.29) is 17.2 Å². The van der Waals surface area contributed by atoms with Crippen molar-refractivity contribution in [3.63, 3.8) is 0 Å². The molecule has 1 heterocycles. The summed E-state index contributed by atoms with van der Waals surface area (Å²) < 4.78 is 23.9. The molecule has 1 aromatic heterocycles. The van der Waals surface area contributed by atoms with E-state index in [9.17, 15) is 8.42 Å². The summed E-state index contributed by atoms with van der Waals surface area (Å²) in [6, 6.07) is 0. The summed E-state index contributed by atoms with van der Waals surface area (Å²) in [4.78, 5) is 11.2. The smallest absolute Gasteiger partial charge is 0.228 e. The fourth-order valence-electron chi connectivity index (χ4n) is 0.991. The van der Waals surface area contributed by atoms with E-state index in [1.807, 2.05) is 0 Å². The van der Waals surface area contributed by atoms with Gasteiger partial charge in [-0.05, 0) is 18.0 Å². The van der Waals surface area contributed by atoms with Gasteiger partial charge in [0.1, 0.15) is 0 Å². The SMILES string of the molecule is CS(=O)(=O)NCCCNc1nc(N)nc(Cl)n1. The number of nitrogens with one attached hydrogen (secondary N) is 2. The van der Waals surface area contributed by atoms with Crippen molar-refractivity contribution in [2.45, 2.75) is 6.42 Å². The van der Waals surface area contributed by atoms with Crippen LogP contribution >= 0.6 is 11.6 Å². The predicted octanol–water partition coefficient (Wildman–Crippen LogP) is -0.542. The molecule has 0 spiro atoms. The van der Waals surface area contributed by atoms with Gasteiger partial charge in [-0.1, -0.05) is 0 Å². The van der Waals surface area contributed by atoms with Gasteiger partial charge in [0.15, 0.2) is 0 Å². The first-order valence-corrected chi connectivity index (χ1v) is 6.99. The maximum atomic E-state index is 10.8. The molecule has 0 aliphatic rings. The minimum atomic E-state index is -3.14. The van der Waals surface area contributed by atoms with E-state index in [0.717, 1.165) is 6.26 Å². The lowest BCUT2D eigenvalue weighted by molar-refractivity contribution is 0.586. The zero-order valence-corrected chi connectivity index (χ0v) is 10.7. The summed E-state index contributed by atoms with van der Waals surface area (Å²) in [7, 11) is -3.14. The van der Waals surface area contributed by atoms with E-state index in [1.165, 1.54) is 0 Å². The molecular formula is C7H13ClN6O2S. The fourth-order valence-corrected chi connectivity index (χ4v) is 1.67. The van der Waals surface area contributed by atoms with E-state index >= 15 is 0 Å². The second-order valence-electron chi connectivity index (χ2n) is 3.23. The molecule has 0 atom stereocenters. The molecule has 96 valence electrons. The van der Waals surface area contributed by atoms with Gasteiger partial charge in [-0.15, -0.1) is 0 Å². The number of nitrogens with two attached hydrogens (primary N) is 1. The highest BCUT2D eigenvalue weighted by molar-refractivity contribution is 7.88. The van der Waals surface area contributed by atoms with Crippen LogP contribution in [0.15, 0.2) is 0 Å². The number of nitrogen functional groups attached to an aromatic ring is 1. The number of halogens is 1. The van der Waals surface area contributed by atoms with Crippen LogP contribution in [0.1, 0.15) is 6.42 Å². The lowest BCUT2D eigenvalue weighted by Gasteiger charge is -2.05. The first-order valence-electron chi connectivity index (χ1n) is 4.72. The van der Waals surface area contributed by atoms with Crippen molar-refractivity contribution in [1.29, 1.82) is 0 Å². The Hall–Kier alpha value is -1.19. The van der Waals surface area contributed by atoms with Gasteiger partial charge in [-0.3, -0.25) is 0 Å². The Balaban J connectivity index is 2.31. The third-order valence-corrected chi connectivity index (χ3v) is 2.52. The van der Waals surface area contributed by atoms with Crippen LogP contribution in [-0.4, -0.2) is 42.7 Å². The molecule has 0 aliphatic heterocycles. The van der Waals surface area contributed by atoms with Crippen LogP contribution in [0.3, 0.4) is 0 Å². The maximum absolute atomic E-state index is 10.8. The van der Waals surface area contributed by atoms with Crippen molar-refractivity contribution >= 4 is 33.5 Å². The highest BCUT2D eigenvalue weighted by Crippen LogP contribution is 2.06. The van der Waals surface area contributed by atoms with Gasteiger partial charge in [0.2, 0.25) is 27.2 Å². The molecule has 0 aliphatic carbocycles. The van der Waals surface area contributed by atoms with Crippen LogP contribution in [0.4, 0.5) is 11.9 Å². The Morgan fingerprint density at radius 3 is 2.59 bits per heavy atom. The summed E-state index contributed by atoms with van der Waals surface area (Å²) in [5.41, 5.74) is 5.37. The number of hydrogen-bond acceptors (Lipinski definition) is 7. The summed E-state index contributed by atoms with van der Waals surface area (Å²) >= 11 is 5.58. The standard InChI is InChI=1S/C7H13ClN6O2S/c1-17(15,16)11-4-2-3-10-7-13-5(8)12-6(9)14-7/h11H,2-4H2,1H3,(H3,9,10,12,13,14). The molecule has 0 aromatic carbocycles. The molecule has 10 heteroatoms. The van der Waals surface area contributed by atoms with Gasteiger partial charge < -0.3 is 11.1 Å². The molecule has 4 N–H and O–H groups in total. The zero-order chi connectivity index (χ0) is 12.9. The van der Waals surface area contributed by atoms with Crippen LogP contribution < -0.4 is 15.8 Å². The maximum Gasteiger partial charge on any atom is 0.228 e. The molecule has 0 bridgehead atoms. The summed E-state index contributed by atoms with van der Waals surface area (Å²) in [6.45, 7) is 0.822. The minimum Gasteiger partial charge on any atom is -0.368 e. The van der Waals surface area contributed by atoms with E-state index in [2.05, 4.69) is 25.0 Å². The van der Waals surface area contributed by atoms with Crippen molar-refractivity contribution in [3.05, 3.63) is 5.28 Å². The van der Waals surface area contributed by atoms with Gasteiger partial charge in [0, 0.05) is 13.1 Å². The third kappa shape index (κ3) is 6.19.